The Morgan fingerprint density at radius 3 is 2.75 bits per heavy atom. The van der Waals surface area contributed by atoms with Crippen molar-refractivity contribution in [2.75, 3.05) is 19.8 Å². The van der Waals surface area contributed by atoms with Gasteiger partial charge in [-0.15, -0.1) is 0 Å². The SMILES string of the molecule is C[C@@H]1Oc2ccc(Br)cc2[C@]2(COC(N)=N2)C12COC2. The summed E-state index contributed by atoms with van der Waals surface area (Å²) in [4.78, 5) is 4.68. The van der Waals surface area contributed by atoms with Crippen molar-refractivity contribution < 1.29 is 14.2 Å². The Bertz CT molecular complexity index is 614. The van der Waals surface area contributed by atoms with Crippen LogP contribution in [0.25, 0.3) is 0 Å². The monoisotopic (exact) mass is 338 g/mol. The lowest BCUT2D eigenvalue weighted by molar-refractivity contribution is -0.211. The van der Waals surface area contributed by atoms with E-state index in [1.165, 1.54) is 0 Å². The molecule has 106 valence electrons. The van der Waals surface area contributed by atoms with Gasteiger partial charge in [0.15, 0.2) is 0 Å². The fourth-order valence-electron chi connectivity index (χ4n) is 3.46. The summed E-state index contributed by atoms with van der Waals surface area (Å²) in [5.41, 5.74) is 6.12. The van der Waals surface area contributed by atoms with Crippen molar-refractivity contribution in [2.24, 2.45) is 16.1 Å². The van der Waals surface area contributed by atoms with Crippen LogP contribution in [0.3, 0.4) is 0 Å². The zero-order valence-electron chi connectivity index (χ0n) is 11.1. The molecule has 0 bridgehead atoms. The van der Waals surface area contributed by atoms with Crippen LogP contribution < -0.4 is 10.5 Å². The van der Waals surface area contributed by atoms with Gasteiger partial charge in [-0.1, -0.05) is 15.9 Å². The Morgan fingerprint density at radius 1 is 1.35 bits per heavy atom. The third-order valence-corrected chi connectivity index (χ3v) is 5.24. The van der Waals surface area contributed by atoms with Crippen LogP contribution in [0, 0.1) is 5.41 Å². The van der Waals surface area contributed by atoms with Gasteiger partial charge >= 0.3 is 0 Å². The second-order valence-electron chi connectivity index (χ2n) is 5.65. The van der Waals surface area contributed by atoms with Crippen LogP contribution in [0.5, 0.6) is 5.75 Å². The summed E-state index contributed by atoms with van der Waals surface area (Å²) in [6, 6.07) is 6.23. The summed E-state index contributed by atoms with van der Waals surface area (Å²) in [6.07, 6.45) is 0.00294. The first-order valence-corrected chi connectivity index (χ1v) is 7.39. The first kappa shape index (κ1) is 12.5. The summed E-state index contributed by atoms with van der Waals surface area (Å²) in [6.45, 7) is 3.74. The van der Waals surface area contributed by atoms with E-state index < -0.39 is 5.54 Å². The minimum atomic E-state index is -0.508. The molecule has 1 fully saturated rings. The predicted molar refractivity (Wildman–Crippen MR) is 76.7 cm³/mol. The van der Waals surface area contributed by atoms with E-state index in [9.17, 15) is 0 Å². The van der Waals surface area contributed by atoms with Crippen molar-refractivity contribution in [3.8, 4) is 5.75 Å². The molecular formula is C14H15BrN2O3. The Kier molecular flexibility index (Phi) is 2.42. The second-order valence-corrected chi connectivity index (χ2v) is 6.56. The van der Waals surface area contributed by atoms with Gasteiger partial charge < -0.3 is 19.9 Å². The zero-order chi connectivity index (χ0) is 14.0. The zero-order valence-corrected chi connectivity index (χ0v) is 12.6. The van der Waals surface area contributed by atoms with E-state index in [2.05, 4.69) is 27.8 Å². The fourth-order valence-corrected chi connectivity index (χ4v) is 3.82. The number of nitrogens with zero attached hydrogens (tertiary/aromatic N) is 1. The number of hydrogen-bond donors (Lipinski definition) is 1. The Hall–Kier alpha value is -1.27. The third-order valence-electron chi connectivity index (χ3n) is 4.74. The highest BCUT2D eigenvalue weighted by Crippen LogP contribution is 2.58. The van der Waals surface area contributed by atoms with Gasteiger partial charge in [-0.2, -0.15) is 0 Å². The Balaban J connectivity index is 1.98. The largest absolute Gasteiger partial charge is 0.489 e. The van der Waals surface area contributed by atoms with Gasteiger partial charge in [0, 0.05) is 10.0 Å². The number of benzene rings is 1. The molecular weight excluding hydrogens is 324 g/mol. The molecule has 2 atom stereocenters. The number of halogens is 1. The van der Waals surface area contributed by atoms with Gasteiger partial charge in [0.1, 0.15) is 24.0 Å². The normalized spacial score (nSPS) is 33.1. The number of nitrogens with two attached hydrogens (primary N) is 1. The van der Waals surface area contributed by atoms with Gasteiger partial charge in [0.25, 0.3) is 6.02 Å². The van der Waals surface area contributed by atoms with Crippen LogP contribution in [0.15, 0.2) is 27.7 Å². The molecule has 2 spiro atoms. The highest BCUT2D eigenvalue weighted by molar-refractivity contribution is 9.10. The molecule has 1 saturated heterocycles. The van der Waals surface area contributed by atoms with Gasteiger partial charge in [-0.25, -0.2) is 4.99 Å². The fraction of sp³-hybridized carbons (Fsp3) is 0.500. The molecule has 2 N–H and O–H groups in total. The third kappa shape index (κ3) is 1.33. The second kappa shape index (κ2) is 3.89. The average molecular weight is 339 g/mol. The molecule has 6 heteroatoms. The van der Waals surface area contributed by atoms with Crippen molar-refractivity contribution in [2.45, 2.75) is 18.6 Å². The van der Waals surface area contributed by atoms with Crippen LogP contribution in [-0.2, 0) is 15.0 Å². The molecule has 5 nitrogen and oxygen atoms in total. The number of fused-ring (bicyclic) bond motifs is 3. The number of amidine groups is 1. The number of hydrogen-bond acceptors (Lipinski definition) is 5. The van der Waals surface area contributed by atoms with E-state index >= 15 is 0 Å². The summed E-state index contributed by atoms with van der Waals surface area (Å²) in [7, 11) is 0. The molecule has 0 radical (unpaired) electrons. The number of rotatable bonds is 0. The molecule has 20 heavy (non-hydrogen) atoms. The summed E-state index contributed by atoms with van der Waals surface area (Å²) in [5, 5.41) is 0. The lowest BCUT2D eigenvalue weighted by Gasteiger charge is -2.56. The van der Waals surface area contributed by atoms with E-state index in [1.807, 2.05) is 18.2 Å². The van der Waals surface area contributed by atoms with E-state index in [1.54, 1.807) is 0 Å². The lowest BCUT2D eigenvalue weighted by Crippen LogP contribution is -2.66. The van der Waals surface area contributed by atoms with Crippen LogP contribution in [-0.4, -0.2) is 31.9 Å². The molecule has 0 aliphatic carbocycles. The topological polar surface area (TPSA) is 66.1 Å². The molecule has 0 unspecified atom stereocenters. The minimum absolute atomic E-state index is 0.00294. The van der Waals surface area contributed by atoms with E-state index in [0.29, 0.717) is 19.8 Å². The van der Waals surface area contributed by atoms with E-state index in [4.69, 9.17) is 19.9 Å². The quantitative estimate of drug-likeness (QED) is 0.783. The van der Waals surface area contributed by atoms with Crippen LogP contribution in [0.4, 0.5) is 0 Å². The first-order valence-electron chi connectivity index (χ1n) is 6.60. The average Bonchev–Trinajstić information content (AvgIpc) is 2.72. The predicted octanol–water partition coefficient (Wildman–Crippen LogP) is 1.79. The molecule has 3 heterocycles. The van der Waals surface area contributed by atoms with Crippen LogP contribution >= 0.6 is 15.9 Å². The smallest absolute Gasteiger partial charge is 0.283 e. The summed E-state index contributed by atoms with van der Waals surface area (Å²) in [5.74, 6) is 0.847. The molecule has 0 aromatic heterocycles. The molecule has 1 aromatic carbocycles. The van der Waals surface area contributed by atoms with Crippen molar-refractivity contribution >= 4 is 22.0 Å². The number of ether oxygens (including phenoxy) is 3. The van der Waals surface area contributed by atoms with Crippen LogP contribution in [0.1, 0.15) is 12.5 Å². The highest BCUT2D eigenvalue weighted by Gasteiger charge is 2.66. The summed E-state index contributed by atoms with van der Waals surface area (Å²) < 4.78 is 18.1. The van der Waals surface area contributed by atoms with Crippen molar-refractivity contribution in [3.63, 3.8) is 0 Å². The molecule has 3 aliphatic rings. The first-order chi connectivity index (χ1) is 9.57. The van der Waals surface area contributed by atoms with E-state index in [0.717, 1.165) is 15.8 Å². The Morgan fingerprint density at radius 2 is 2.15 bits per heavy atom. The van der Waals surface area contributed by atoms with Crippen LogP contribution in [0.2, 0.25) is 0 Å². The number of aliphatic imine (C=N–C) groups is 1. The van der Waals surface area contributed by atoms with Crippen molar-refractivity contribution in [1.82, 2.24) is 0 Å². The van der Waals surface area contributed by atoms with Crippen molar-refractivity contribution in [1.29, 1.82) is 0 Å². The molecule has 1 aromatic rings. The molecule has 4 rings (SSSR count). The highest BCUT2D eigenvalue weighted by atomic mass is 79.9. The molecule has 3 aliphatic heterocycles. The summed E-state index contributed by atoms with van der Waals surface area (Å²) >= 11 is 3.52. The van der Waals surface area contributed by atoms with Gasteiger partial charge in [-0.3, -0.25) is 0 Å². The van der Waals surface area contributed by atoms with Crippen molar-refractivity contribution in [3.05, 3.63) is 28.2 Å². The minimum Gasteiger partial charge on any atom is -0.489 e. The lowest BCUT2D eigenvalue weighted by atomic mass is 9.60. The van der Waals surface area contributed by atoms with Gasteiger partial charge in [0.2, 0.25) is 0 Å². The van der Waals surface area contributed by atoms with Gasteiger partial charge in [-0.05, 0) is 25.1 Å². The molecule has 0 saturated carbocycles. The Labute approximate surface area is 125 Å². The standard InChI is InChI=1S/C14H15BrN2O3/c1-8-13(5-18-6-13)14(7-19-12(16)17-14)10-4-9(15)2-3-11(10)20-8/h2-4,8H,5-7H2,1H3,(H2,16,17)/t8-,14+/m0/s1. The molecule has 0 amide bonds. The maximum Gasteiger partial charge on any atom is 0.283 e. The van der Waals surface area contributed by atoms with E-state index in [-0.39, 0.29) is 17.5 Å². The van der Waals surface area contributed by atoms with Gasteiger partial charge in [0.05, 0.1) is 18.6 Å². The maximum atomic E-state index is 6.10. The maximum absolute atomic E-state index is 6.10.